The summed E-state index contributed by atoms with van der Waals surface area (Å²) in [6.07, 6.45) is 1.51. The Morgan fingerprint density at radius 1 is 1.18 bits per heavy atom. The first-order chi connectivity index (χ1) is 8.34. The molecule has 0 aliphatic carbocycles. The Kier molecular flexibility index (Phi) is 2.11. The van der Waals surface area contributed by atoms with Crippen LogP contribution in [0.1, 0.15) is 0 Å². The van der Waals surface area contributed by atoms with E-state index < -0.39 is 0 Å². The Morgan fingerprint density at radius 3 is 2.71 bits per heavy atom. The van der Waals surface area contributed by atoms with Gasteiger partial charge in [-0.2, -0.15) is 10.1 Å². The molecule has 0 aliphatic rings. The lowest BCUT2D eigenvalue weighted by molar-refractivity contribution is 0.432. The zero-order chi connectivity index (χ0) is 11.7. The van der Waals surface area contributed by atoms with E-state index in [0.717, 1.165) is 5.56 Å². The van der Waals surface area contributed by atoms with E-state index in [4.69, 9.17) is 10.3 Å². The third kappa shape index (κ3) is 1.65. The normalized spacial score (nSPS) is 10.6. The second-order valence-electron chi connectivity index (χ2n) is 3.49. The van der Waals surface area contributed by atoms with Crippen LogP contribution in [0.15, 0.2) is 41.1 Å². The van der Waals surface area contributed by atoms with Gasteiger partial charge in [0.05, 0.1) is 11.9 Å². The molecule has 2 heterocycles. The highest BCUT2D eigenvalue weighted by Gasteiger charge is 2.13. The summed E-state index contributed by atoms with van der Waals surface area (Å²) >= 11 is 0. The highest BCUT2D eigenvalue weighted by atomic mass is 16.5. The van der Waals surface area contributed by atoms with Gasteiger partial charge in [-0.1, -0.05) is 23.4 Å². The van der Waals surface area contributed by atoms with Gasteiger partial charge in [0.25, 0.3) is 5.89 Å². The number of hydrogen-bond acceptors (Lipinski definition) is 5. The minimum atomic E-state index is 0.402. The van der Waals surface area contributed by atoms with Gasteiger partial charge in [-0.05, 0) is 12.1 Å². The highest BCUT2D eigenvalue weighted by molar-refractivity contribution is 5.67. The van der Waals surface area contributed by atoms with Crippen molar-refractivity contribution in [3.63, 3.8) is 0 Å². The van der Waals surface area contributed by atoms with E-state index in [1.807, 2.05) is 30.3 Å². The molecule has 2 aromatic heterocycles. The maximum absolute atomic E-state index is 5.71. The number of H-pyrrole nitrogens is 1. The van der Waals surface area contributed by atoms with Crippen LogP contribution < -0.4 is 5.73 Å². The molecule has 3 aromatic rings. The van der Waals surface area contributed by atoms with Gasteiger partial charge in [-0.25, -0.2) is 0 Å². The molecule has 0 saturated heterocycles. The summed E-state index contributed by atoms with van der Waals surface area (Å²) < 4.78 is 5.17. The summed E-state index contributed by atoms with van der Waals surface area (Å²) in [6, 6.07) is 9.53. The number of benzene rings is 1. The summed E-state index contributed by atoms with van der Waals surface area (Å²) in [5.74, 6) is 0.855. The summed E-state index contributed by atoms with van der Waals surface area (Å²) in [5.41, 5.74) is 7.63. The van der Waals surface area contributed by atoms with Crippen molar-refractivity contribution < 1.29 is 4.52 Å². The van der Waals surface area contributed by atoms with Gasteiger partial charge in [0.15, 0.2) is 0 Å². The van der Waals surface area contributed by atoms with Gasteiger partial charge in [0.1, 0.15) is 5.69 Å². The van der Waals surface area contributed by atoms with Gasteiger partial charge >= 0.3 is 0 Å². The van der Waals surface area contributed by atoms with E-state index in [1.54, 1.807) is 0 Å². The maximum Gasteiger partial charge on any atom is 0.258 e. The van der Waals surface area contributed by atoms with Crippen LogP contribution in [0.3, 0.4) is 0 Å². The van der Waals surface area contributed by atoms with Crippen molar-refractivity contribution >= 4 is 5.69 Å². The fraction of sp³-hybridized carbons (Fsp3) is 0. The monoisotopic (exact) mass is 227 g/mol. The second kappa shape index (κ2) is 3.75. The molecule has 17 heavy (non-hydrogen) atoms. The van der Waals surface area contributed by atoms with Gasteiger partial charge in [-0.15, -0.1) is 0 Å². The molecular weight excluding hydrogens is 218 g/mol. The summed E-state index contributed by atoms with van der Waals surface area (Å²) in [5, 5.41) is 10.4. The van der Waals surface area contributed by atoms with Crippen molar-refractivity contribution in [2.75, 3.05) is 5.73 Å². The van der Waals surface area contributed by atoms with Crippen LogP contribution in [0.2, 0.25) is 0 Å². The van der Waals surface area contributed by atoms with Crippen LogP contribution in [0.25, 0.3) is 23.0 Å². The van der Waals surface area contributed by atoms with Crippen molar-refractivity contribution in [1.82, 2.24) is 20.3 Å². The molecule has 0 aliphatic heterocycles. The number of nitrogens with zero attached hydrogens (tertiary/aromatic N) is 3. The van der Waals surface area contributed by atoms with Gasteiger partial charge in [-0.3, -0.25) is 5.10 Å². The molecule has 6 heteroatoms. The molecule has 0 atom stereocenters. The predicted octanol–water partition coefficient (Wildman–Crippen LogP) is 1.71. The number of nitrogens with two attached hydrogens (primary N) is 1. The lowest BCUT2D eigenvalue weighted by atomic mass is 10.2. The van der Waals surface area contributed by atoms with Crippen molar-refractivity contribution in [3.8, 4) is 23.0 Å². The zero-order valence-electron chi connectivity index (χ0n) is 8.79. The quantitative estimate of drug-likeness (QED) is 0.695. The molecule has 0 unspecified atom stereocenters. The number of rotatable bonds is 2. The Morgan fingerprint density at radius 2 is 2.00 bits per heavy atom. The minimum absolute atomic E-state index is 0.402. The third-order valence-electron chi connectivity index (χ3n) is 2.34. The molecule has 3 N–H and O–H groups in total. The smallest absolute Gasteiger partial charge is 0.258 e. The first kappa shape index (κ1) is 9.59. The number of anilines is 1. The lowest BCUT2D eigenvalue weighted by Gasteiger charge is -1.91. The largest absolute Gasteiger partial charge is 0.396 e. The highest BCUT2D eigenvalue weighted by Crippen LogP contribution is 2.23. The molecule has 0 amide bonds. The predicted molar refractivity (Wildman–Crippen MR) is 61.7 cm³/mol. The van der Waals surface area contributed by atoms with Crippen LogP contribution in [-0.2, 0) is 0 Å². The minimum Gasteiger partial charge on any atom is -0.396 e. The van der Waals surface area contributed by atoms with Crippen LogP contribution in [0.5, 0.6) is 0 Å². The van der Waals surface area contributed by atoms with E-state index >= 15 is 0 Å². The summed E-state index contributed by atoms with van der Waals surface area (Å²) in [7, 11) is 0. The van der Waals surface area contributed by atoms with Gasteiger partial charge in [0.2, 0.25) is 5.82 Å². The average Bonchev–Trinajstić information content (AvgIpc) is 2.98. The first-order valence-electron chi connectivity index (χ1n) is 5.03. The molecule has 0 radical (unpaired) electrons. The topological polar surface area (TPSA) is 93.6 Å². The Hall–Kier alpha value is -2.63. The molecule has 84 valence electrons. The number of nitrogen functional groups attached to an aromatic ring is 1. The number of aromatic nitrogens is 4. The van der Waals surface area contributed by atoms with Crippen molar-refractivity contribution in [3.05, 3.63) is 36.5 Å². The molecule has 0 bridgehead atoms. The van der Waals surface area contributed by atoms with E-state index in [-0.39, 0.29) is 0 Å². The molecular formula is C11H9N5O. The van der Waals surface area contributed by atoms with Crippen molar-refractivity contribution in [2.45, 2.75) is 0 Å². The Bertz CT molecular complexity index is 628. The Labute approximate surface area is 96.5 Å². The van der Waals surface area contributed by atoms with E-state index in [9.17, 15) is 0 Å². The van der Waals surface area contributed by atoms with Crippen LogP contribution in [0, 0.1) is 0 Å². The first-order valence-corrected chi connectivity index (χ1v) is 5.03. The SMILES string of the molecule is Nc1cn[nH]c1-c1noc(-c2ccccc2)n1. The standard InChI is InChI=1S/C11H9N5O/c12-8-6-13-15-9(8)10-14-11(17-16-10)7-4-2-1-3-5-7/h1-6H,12H2,(H,13,15). The molecule has 0 fully saturated rings. The summed E-state index contributed by atoms with van der Waals surface area (Å²) in [4.78, 5) is 4.25. The van der Waals surface area contributed by atoms with Crippen LogP contribution in [0.4, 0.5) is 5.69 Å². The zero-order valence-corrected chi connectivity index (χ0v) is 8.79. The van der Waals surface area contributed by atoms with Crippen molar-refractivity contribution in [1.29, 1.82) is 0 Å². The number of hydrogen-bond donors (Lipinski definition) is 2. The van der Waals surface area contributed by atoms with Crippen LogP contribution >= 0.6 is 0 Å². The summed E-state index contributed by atoms with van der Waals surface area (Å²) in [6.45, 7) is 0. The fourth-order valence-electron chi connectivity index (χ4n) is 1.50. The fourth-order valence-corrected chi connectivity index (χ4v) is 1.50. The molecule has 0 spiro atoms. The van der Waals surface area contributed by atoms with Crippen LogP contribution in [-0.4, -0.2) is 20.3 Å². The van der Waals surface area contributed by atoms with Crippen molar-refractivity contribution in [2.24, 2.45) is 0 Å². The molecule has 3 rings (SSSR count). The molecule has 1 aromatic carbocycles. The maximum atomic E-state index is 5.71. The van der Waals surface area contributed by atoms with E-state index in [0.29, 0.717) is 23.1 Å². The van der Waals surface area contributed by atoms with Gasteiger partial charge < -0.3 is 10.3 Å². The molecule has 0 saturated carbocycles. The number of nitrogens with one attached hydrogen (secondary N) is 1. The van der Waals surface area contributed by atoms with E-state index in [1.165, 1.54) is 6.20 Å². The van der Waals surface area contributed by atoms with Gasteiger partial charge in [0, 0.05) is 5.56 Å². The molecule has 6 nitrogen and oxygen atoms in total. The average molecular weight is 227 g/mol. The lowest BCUT2D eigenvalue weighted by Crippen LogP contribution is -1.88. The second-order valence-corrected chi connectivity index (χ2v) is 3.49. The Balaban J connectivity index is 2.02. The third-order valence-corrected chi connectivity index (χ3v) is 2.34. The number of aromatic amines is 1. The van der Waals surface area contributed by atoms with E-state index in [2.05, 4.69) is 20.3 Å².